The fourth-order valence-corrected chi connectivity index (χ4v) is 2.44. The van der Waals surface area contributed by atoms with Crippen LogP contribution in [0, 0.1) is 6.92 Å². The average Bonchev–Trinajstić information content (AvgIpc) is 2.26. The molecule has 1 aromatic rings. The van der Waals surface area contributed by atoms with Crippen molar-refractivity contribution in [3.63, 3.8) is 0 Å². The molecular weight excluding hydrogens is 198 g/mol. The highest BCUT2D eigenvalue weighted by atomic mass is 16.3. The maximum absolute atomic E-state index is 9.32. The van der Waals surface area contributed by atoms with Crippen LogP contribution in [0.25, 0.3) is 0 Å². The Hall–Kier alpha value is -0.860. The summed E-state index contributed by atoms with van der Waals surface area (Å²) in [4.78, 5) is 0. The van der Waals surface area contributed by atoms with Crippen molar-refractivity contribution in [2.45, 2.75) is 45.3 Å². The Kier molecular flexibility index (Phi) is 3.62. The summed E-state index contributed by atoms with van der Waals surface area (Å²) in [6.07, 6.45) is 3.36. The predicted octanol–water partition coefficient (Wildman–Crippen LogP) is 2.34. The average molecular weight is 219 g/mol. The first kappa shape index (κ1) is 11.6. The van der Waals surface area contributed by atoms with E-state index in [4.69, 9.17) is 0 Å². The van der Waals surface area contributed by atoms with Gasteiger partial charge in [0.2, 0.25) is 0 Å². The lowest BCUT2D eigenvalue weighted by Gasteiger charge is -2.27. The molecule has 1 aliphatic carbocycles. The molecule has 0 aromatic heterocycles. The minimum Gasteiger partial charge on any atom is -0.392 e. The summed E-state index contributed by atoms with van der Waals surface area (Å²) in [5.41, 5.74) is 4.23. The number of aliphatic hydroxyl groups excluding tert-OH is 1. The molecule has 1 aromatic carbocycles. The molecule has 0 radical (unpaired) electrons. The first-order valence-electron chi connectivity index (χ1n) is 6.17. The summed E-state index contributed by atoms with van der Waals surface area (Å²) in [6, 6.07) is 7.16. The maximum atomic E-state index is 9.32. The van der Waals surface area contributed by atoms with Crippen molar-refractivity contribution in [3.05, 3.63) is 34.9 Å². The molecule has 16 heavy (non-hydrogen) atoms. The van der Waals surface area contributed by atoms with Crippen LogP contribution in [0.4, 0.5) is 0 Å². The van der Waals surface area contributed by atoms with E-state index >= 15 is 0 Å². The summed E-state index contributed by atoms with van der Waals surface area (Å²) in [5, 5.41) is 12.8. The van der Waals surface area contributed by atoms with Gasteiger partial charge in [0.1, 0.15) is 0 Å². The second-order valence-corrected chi connectivity index (χ2v) is 4.90. The molecule has 1 aliphatic rings. The Balaban J connectivity index is 2.15. The molecule has 0 fully saturated rings. The molecule has 0 spiro atoms. The maximum Gasteiger partial charge on any atom is 0.0636 e. The highest BCUT2D eigenvalue weighted by Crippen LogP contribution is 2.30. The largest absolute Gasteiger partial charge is 0.392 e. The van der Waals surface area contributed by atoms with Gasteiger partial charge in [-0.3, -0.25) is 0 Å². The van der Waals surface area contributed by atoms with Crippen LogP contribution in [0.15, 0.2) is 18.2 Å². The van der Waals surface area contributed by atoms with Crippen molar-refractivity contribution in [2.24, 2.45) is 0 Å². The Morgan fingerprint density at radius 2 is 2.31 bits per heavy atom. The molecule has 0 saturated heterocycles. The van der Waals surface area contributed by atoms with Gasteiger partial charge in [-0.2, -0.15) is 0 Å². The van der Waals surface area contributed by atoms with Gasteiger partial charge in [-0.25, -0.2) is 0 Å². The number of hydrogen-bond acceptors (Lipinski definition) is 2. The molecule has 2 nitrogen and oxygen atoms in total. The van der Waals surface area contributed by atoms with Crippen LogP contribution < -0.4 is 5.32 Å². The molecule has 0 heterocycles. The van der Waals surface area contributed by atoms with Gasteiger partial charge in [0.05, 0.1) is 6.10 Å². The summed E-state index contributed by atoms with van der Waals surface area (Å²) >= 11 is 0. The van der Waals surface area contributed by atoms with Crippen LogP contribution in [-0.4, -0.2) is 17.8 Å². The van der Waals surface area contributed by atoms with Crippen LogP contribution in [0.5, 0.6) is 0 Å². The number of fused-ring (bicyclic) bond motifs is 1. The molecule has 0 saturated carbocycles. The lowest BCUT2D eigenvalue weighted by atomic mass is 9.86. The Morgan fingerprint density at radius 1 is 1.50 bits per heavy atom. The first-order chi connectivity index (χ1) is 7.66. The number of rotatable bonds is 3. The van der Waals surface area contributed by atoms with Crippen molar-refractivity contribution in [1.82, 2.24) is 5.32 Å². The van der Waals surface area contributed by atoms with E-state index in [1.165, 1.54) is 36.0 Å². The van der Waals surface area contributed by atoms with E-state index < -0.39 is 0 Å². The number of hydrogen-bond donors (Lipinski definition) is 2. The minimum atomic E-state index is -0.268. The Bertz CT molecular complexity index is 360. The lowest BCUT2D eigenvalue weighted by molar-refractivity contribution is 0.184. The van der Waals surface area contributed by atoms with Gasteiger partial charge in [0.25, 0.3) is 0 Å². The standard InChI is InChI=1S/C14H21NO/c1-10-6-7-12-4-3-5-14(13(12)8-10)15-9-11(2)16/h6-8,11,14-16H,3-5,9H2,1-2H3. The molecule has 2 unspecified atom stereocenters. The molecule has 2 N–H and O–H groups in total. The van der Waals surface area contributed by atoms with Crippen LogP contribution in [0.1, 0.15) is 42.5 Å². The van der Waals surface area contributed by atoms with Crippen molar-refractivity contribution in [2.75, 3.05) is 6.54 Å². The number of benzene rings is 1. The molecule has 2 atom stereocenters. The summed E-state index contributed by atoms with van der Waals surface area (Å²) in [5.74, 6) is 0. The molecule has 2 rings (SSSR count). The van der Waals surface area contributed by atoms with Gasteiger partial charge in [-0.15, -0.1) is 0 Å². The monoisotopic (exact) mass is 219 g/mol. The second kappa shape index (κ2) is 4.98. The van der Waals surface area contributed by atoms with Gasteiger partial charge in [-0.1, -0.05) is 23.8 Å². The van der Waals surface area contributed by atoms with E-state index in [1.807, 2.05) is 6.92 Å². The van der Waals surface area contributed by atoms with E-state index in [0.717, 1.165) is 0 Å². The predicted molar refractivity (Wildman–Crippen MR) is 66.5 cm³/mol. The van der Waals surface area contributed by atoms with Gasteiger partial charge >= 0.3 is 0 Å². The lowest BCUT2D eigenvalue weighted by Crippen LogP contribution is -2.31. The minimum absolute atomic E-state index is 0.268. The van der Waals surface area contributed by atoms with Gasteiger partial charge in [0.15, 0.2) is 0 Å². The van der Waals surface area contributed by atoms with Crippen molar-refractivity contribution in [1.29, 1.82) is 0 Å². The van der Waals surface area contributed by atoms with Crippen LogP contribution in [0.3, 0.4) is 0 Å². The Labute approximate surface area is 97.7 Å². The van der Waals surface area contributed by atoms with Crippen LogP contribution >= 0.6 is 0 Å². The van der Waals surface area contributed by atoms with Gasteiger partial charge in [0, 0.05) is 12.6 Å². The third kappa shape index (κ3) is 2.63. The van der Waals surface area contributed by atoms with E-state index in [9.17, 15) is 5.11 Å². The van der Waals surface area contributed by atoms with Gasteiger partial charge in [-0.05, 0) is 44.2 Å². The third-order valence-electron chi connectivity index (χ3n) is 3.28. The fourth-order valence-electron chi connectivity index (χ4n) is 2.44. The van der Waals surface area contributed by atoms with Crippen molar-refractivity contribution in [3.8, 4) is 0 Å². The molecular formula is C14H21NO. The highest BCUT2D eigenvalue weighted by molar-refractivity contribution is 5.35. The third-order valence-corrected chi connectivity index (χ3v) is 3.28. The van der Waals surface area contributed by atoms with Crippen LogP contribution in [0.2, 0.25) is 0 Å². The number of aliphatic hydroxyl groups is 1. The molecule has 0 bridgehead atoms. The quantitative estimate of drug-likeness (QED) is 0.818. The second-order valence-electron chi connectivity index (χ2n) is 4.90. The number of aryl methyl sites for hydroxylation is 2. The van der Waals surface area contributed by atoms with E-state index in [-0.39, 0.29) is 6.10 Å². The van der Waals surface area contributed by atoms with E-state index in [2.05, 4.69) is 30.4 Å². The van der Waals surface area contributed by atoms with E-state index in [1.54, 1.807) is 0 Å². The molecule has 2 heteroatoms. The topological polar surface area (TPSA) is 32.3 Å². The van der Waals surface area contributed by atoms with Gasteiger partial charge < -0.3 is 10.4 Å². The molecule has 88 valence electrons. The highest BCUT2D eigenvalue weighted by Gasteiger charge is 2.19. The summed E-state index contributed by atoms with van der Waals surface area (Å²) < 4.78 is 0. The Morgan fingerprint density at radius 3 is 3.06 bits per heavy atom. The molecule has 0 aliphatic heterocycles. The summed E-state index contributed by atoms with van der Waals surface area (Å²) in [6.45, 7) is 4.64. The summed E-state index contributed by atoms with van der Waals surface area (Å²) in [7, 11) is 0. The van der Waals surface area contributed by atoms with Crippen LogP contribution in [-0.2, 0) is 6.42 Å². The zero-order valence-corrected chi connectivity index (χ0v) is 10.2. The molecule has 0 amide bonds. The smallest absolute Gasteiger partial charge is 0.0636 e. The normalized spacial score (nSPS) is 21.6. The van der Waals surface area contributed by atoms with Crippen molar-refractivity contribution >= 4 is 0 Å². The number of nitrogens with one attached hydrogen (secondary N) is 1. The first-order valence-corrected chi connectivity index (χ1v) is 6.17. The fraction of sp³-hybridized carbons (Fsp3) is 0.571. The SMILES string of the molecule is Cc1ccc2c(c1)C(NCC(C)O)CCC2. The van der Waals surface area contributed by atoms with Crippen molar-refractivity contribution < 1.29 is 5.11 Å². The zero-order chi connectivity index (χ0) is 11.5. The van der Waals surface area contributed by atoms with E-state index in [0.29, 0.717) is 12.6 Å². The zero-order valence-electron chi connectivity index (χ0n) is 10.2.